The van der Waals surface area contributed by atoms with Crippen molar-refractivity contribution in [3.05, 3.63) is 22.8 Å². The van der Waals surface area contributed by atoms with E-state index in [-0.39, 0.29) is 10.4 Å². The van der Waals surface area contributed by atoms with Crippen LogP contribution in [0.15, 0.2) is 12.3 Å². The van der Waals surface area contributed by atoms with E-state index in [1.165, 1.54) is 0 Å². The second-order valence-corrected chi connectivity index (χ2v) is 5.12. The van der Waals surface area contributed by atoms with Crippen molar-refractivity contribution in [2.45, 2.75) is 25.9 Å². The number of anilines is 1. The van der Waals surface area contributed by atoms with Gasteiger partial charge in [0, 0.05) is 12.7 Å². The standard InChI is InChI=1S/C11H12ClF3N2/c1-10(2-3-10)6-17-9-8(12)4-7(5-16-9)11(13,14)15/h4-5H,2-3,6H2,1H3,(H,16,17). The van der Waals surface area contributed by atoms with Crippen molar-refractivity contribution < 1.29 is 13.2 Å². The van der Waals surface area contributed by atoms with Crippen molar-refractivity contribution in [1.29, 1.82) is 0 Å². The second kappa shape index (κ2) is 4.05. The molecular formula is C11H12ClF3N2. The quantitative estimate of drug-likeness (QED) is 0.894. The van der Waals surface area contributed by atoms with Gasteiger partial charge in [-0.25, -0.2) is 4.98 Å². The van der Waals surface area contributed by atoms with Crippen LogP contribution in [0.5, 0.6) is 0 Å². The molecular weight excluding hydrogens is 253 g/mol. The van der Waals surface area contributed by atoms with Gasteiger partial charge < -0.3 is 5.32 Å². The Morgan fingerprint density at radius 2 is 2.12 bits per heavy atom. The summed E-state index contributed by atoms with van der Waals surface area (Å²) in [5.74, 6) is 0.313. The summed E-state index contributed by atoms with van der Waals surface area (Å²) in [5.41, 5.74) is -0.584. The minimum atomic E-state index is -4.41. The van der Waals surface area contributed by atoms with Crippen LogP contribution in [0, 0.1) is 5.41 Å². The smallest absolute Gasteiger partial charge is 0.368 e. The van der Waals surface area contributed by atoms with E-state index in [4.69, 9.17) is 11.6 Å². The minimum Gasteiger partial charge on any atom is -0.368 e. The first-order valence-corrected chi connectivity index (χ1v) is 5.65. The molecule has 1 fully saturated rings. The van der Waals surface area contributed by atoms with Crippen LogP contribution in [0.1, 0.15) is 25.3 Å². The molecule has 1 aromatic heterocycles. The first-order chi connectivity index (χ1) is 7.80. The lowest BCUT2D eigenvalue weighted by Gasteiger charge is -2.13. The predicted molar refractivity (Wildman–Crippen MR) is 60.1 cm³/mol. The van der Waals surface area contributed by atoms with Gasteiger partial charge in [0.05, 0.1) is 10.6 Å². The fraction of sp³-hybridized carbons (Fsp3) is 0.545. The lowest BCUT2D eigenvalue weighted by atomic mass is 10.1. The van der Waals surface area contributed by atoms with Crippen LogP contribution in [-0.2, 0) is 6.18 Å². The molecule has 2 nitrogen and oxygen atoms in total. The van der Waals surface area contributed by atoms with Crippen molar-refractivity contribution in [3.63, 3.8) is 0 Å². The fourth-order valence-electron chi connectivity index (χ4n) is 1.41. The Morgan fingerprint density at radius 1 is 1.47 bits per heavy atom. The highest BCUT2D eigenvalue weighted by molar-refractivity contribution is 6.32. The number of halogens is 4. The van der Waals surface area contributed by atoms with Crippen LogP contribution in [0.2, 0.25) is 5.02 Å². The van der Waals surface area contributed by atoms with Gasteiger partial charge in [0.25, 0.3) is 0 Å². The lowest BCUT2D eigenvalue weighted by Crippen LogP contribution is -2.14. The molecule has 0 saturated heterocycles. The number of pyridine rings is 1. The molecule has 0 radical (unpaired) electrons. The number of rotatable bonds is 3. The van der Waals surface area contributed by atoms with Crippen LogP contribution in [-0.4, -0.2) is 11.5 Å². The average Bonchev–Trinajstić information content (AvgIpc) is 2.94. The van der Waals surface area contributed by atoms with E-state index in [1.54, 1.807) is 0 Å². The number of hydrogen-bond acceptors (Lipinski definition) is 2. The van der Waals surface area contributed by atoms with E-state index in [0.717, 1.165) is 25.1 Å². The van der Waals surface area contributed by atoms with Gasteiger partial charge in [-0.15, -0.1) is 0 Å². The van der Waals surface area contributed by atoms with E-state index in [2.05, 4.69) is 17.2 Å². The third-order valence-electron chi connectivity index (χ3n) is 2.95. The molecule has 1 heterocycles. The zero-order valence-electron chi connectivity index (χ0n) is 9.24. The highest BCUT2D eigenvalue weighted by atomic mass is 35.5. The summed E-state index contributed by atoms with van der Waals surface area (Å²) < 4.78 is 37.1. The van der Waals surface area contributed by atoms with Gasteiger partial charge in [-0.1, -0.05) is 18.5 Å². The van der Waals surface area contributed by atoms with E-state index < -0.39 is 11.7 Å². The van der Waals surface area contributed by atoms with Gasteiger partial charge in [0.1, 0.15) is 5.82 Å². The van der Waals surface area contributed by atoms with Crippen molar-refractivity contribution in [2.75, 3.05) is 11.9 Å². The molecule has 0 aliphatic heterocycles. The van der Waals surface area contributed by atoms with E-state index in [1.807, 2.05) is 0 Å². The Bertz CT molecular complexity index is 427. The van der Waals surface area contributed by atoms with Crippen LogP contribution in [0.4, 0.5) is 19.0 Å². The molecule has 1 aliphatic carbocycles. The third-order valence-corrected chi connectivity index (χ3v) is 3.24. The van der Waals surface area contributed by atoms with Crippen LogP contribution in [0.3, 0.4) is 0 Å². The Hall–Kier alpha value is -0.970. The SMILES string of the molecule is CC1(CNc2ncc(C(F)(F)F)cc2Cl)CC1. The number of alkyl halides is 3. The maximum absolute atomic E-state index is 12.4. The van der Waals surface area contributed by atoms with Gasteiger partial charge in [-0.2, -0.15) is 13.2 Å². The second-order valence-electron chi connectivity index (χ2n) is 4.72. The molecule has 0 aromatic carbocycles. The summed E-state index contributed by atoms with van der Waals surface area (Å²) in [6.45, 7) is 2.79. The molecule has 1 aliphatic rings. The highest BCUT2D eigenvalue weighted by Crippen LogP contribution is 2.45. The molecule has 0 bridgehead atoms. The van der Waals surface area contributed by atoms with Crippen molar-refractivity contribution in [3.8, 4) is 0 Å². The summed E-state index contributed by atoms with van der Waals surface area (Å²) in [7, 11) is 0. The maximum atomic E-state index is 12.4. The Labute approximate surface area is 102 Å². The van der Waals surface area contributed by atoms with Gasteiger partial charge in [-0.05, 0) is 24.3 Å². The molecule has 6 heteroatoms. The summed E-state index contributed by atoms with van der Waals surface area (Å²) in [6, 6.07) is 0.895. The minimum absolute atomic E-state index is 0.00377. The normalized spacial score (nSPS) is 17.9. The molecule has 0 spiro atoms. The van der Waals surface area contributed by atoms with Crippen LogP contribution >= 0.6 is 11.6 Å². The molecule has 1 saturated carbocycles. The van der Waals surface area contributed by atoms with Gasteiger partial charge >= 0.3 is 6.18 Å². The van der Waals surface area contributed by atoms with Crippen molar-refractivity contribution >= 4 is 17.4 Å². The first kappa shape index (κ1) is 12.5. The van der Waals surface area contributed by atoms with Crippen molar-refractivity contribution in [1.82, 2.24) is 4.98 Å². The zero-order valence-corrected chi connectivity index (χ0v) is 9.99. The monoisotopic (exact) mass is 264 g/mol. The Morgan fingerprint density at radius 3 is 2.59 bits per heavy atom. The summed E-state index contributed by atoms with van der Waals surface area (Å²) in [4.78, 5) is 3.71. The molecule has 2 rings (SSSR count). The third kappa shape index (κ3) is 3.03. The molecule has 0 unspecified atom stereocenters. The van der Waals surface area contributed by atoms with Crippen LogP contribution in [0.25, 0.3) is 0 Å². The Balaban J connectivity index is 2.09. The predicted octanol–water partition coefficient (Wildman–Crippen LogP) is 3.97. The topological polar surface area (TPSA) is 24.9 Å². The Kier molecular flexibility index (Phi) is 2.97. The maximum Gasteiger partial charge on any atom is 0.417 e. The average molecular weight is 265 g/mol. The summed E-state index contributed by atoms with van der Waals surface area (Å²) in [6.07, 6.45) is -1.36. The fourth-order valence-corrected chi connectivity index (χ4v) is 1.64. The molecule has 94 valence electrons. The first-order valence-electron chi connectivity index (χ1n) is 5.27. The molecule has 1 N–H and O–H groups in total. The molecule has 1 aromatic rings. The van der Waals surface area contributed by atoms with Crippen molar-refractivity contribution in [2.24, 2.45) is 5.41 Å². The van der Waals surface area contributed by atoms with Gasteiger partial charge in [0.15, 0.2) is 0 Å². The van der Waals surface area contributed by atoms with Gasteiger partial charge in [0.2, 0.25) is 0 Å². The zero-order chi connectivity index (χ0) is 12.7. The lowest BCUT2D eigenvalue weighted by molar-refractivity contribution is -0.137. The molecule has 0 atom stereocenters. The van der Waals surface area contributed by atoms with Gasteiger partial charge in [-0.3, -0.25) is 0 Å². The van der Waals surface area contributed by atoms with E-state index in [0.29, 0.717) is 12.4 Å². The summed E-state index contributed by atoms with van der Waals surface area (Å²) in [5, 5.41) is 2.99. The molecule has 0 amide bonds. The van der Waals surface area contributed by atoms with Crippen LogP contribution < -0.4 is 5.32 Å². The highest BCUT2D eigenvalue weighted by Gasteiger charge is 2.37. The largest absolute Gasteiger partial charge is 0.417 e. The number of hydrogen-bond donors (Lipinski definition) is 1. The molecule has 17 heavy (non-hydrogen) atoms. The van der Waals surface area contributed by atoms with E-state index in [9.17, 15) is 13.2 Å². The number of aromatic nitrogens is 1. The van der Waals surface area contributed by atoms with E-state index >= 15 is 0 Å². The number of nitrogens with one attached hydrogen (secondary N) is 1. The number of nitrogens with zero attached hydrogens (tertiary/aromatic N) is 1. The summed E-state index contributed by atoms with van der Waals surface area (Å²) >= 11 is 5.76.